The van der Waals surface area contributed by atoms with Gasteiger partial charge in [0.2, 0.25) is 5.91 Å². The maximum atomic E-state index is 12.9. The first-order valence-corrected chi connectivity index (χ1v) is 26.4. The number of carbonyl (C=O) groups is 1. The Bertz CT molecular complexity index is 1060. The number of hydrogen-bond donors (Lipinski definition) is 3. The fourth-order valence-corrected chi connectivity index (χ4v) is 7.87. The van der Waals surface area contributed by atoms with E-state index in [-0.39, 0.29) is 19.1 Å². The van der Waals surface area contributed by atoms with Crippen LogP contribution >= 0.6 is 7.82 Å². The van der Waals surface area contributed by atoms with Crippen LogP contribution < -0.4 is 5.32 Å². The molecule has 0 radical (unpaired) electrons. The highest BCUT2D eigenvalue weighted by Crippen LogP contribution is 2.43. The molecule has 0 heterocycles. The highest BCUT2D eigenvalue weighted by molar-refractivity contribution is 7.47. The van der Waals surface area contributed by atoms with Gasteiger partial charge in [-0.05, 0) is 44.9 Å². The summed E-state index contributed by atoms with van der Waals surface area (Å²) in [5, 5.41) is 13.8. The molecular weight excluding hydrogens is 756 g/mol. The number of nitrogens with zero attached hydrogens (tertiary/aromatic N) is 1. The number of hydrogen-bond acceptors (Lipinski definition) is 5. The average molecular weight is 854 g/mol. The van der Waals surface area contributed by atoms with Crippen molar-refractivity contribution in [1.29, 1.82) is 0 Å². The Balaban J connectivity index is 4.41. The number of unbranched alkanes of at least 4 members (excludes halogenated alkanes) is 28. The van der Waals surface area contributed by atoms with Crippen LogP contribution in [0.4, 0.5) is 0 Å². The molecule has 3 atom stereocenters. The van der Waals surface area contributed by atoms with Gasteiger partial charge in [0.1, 0.15) is 13.2 Å². The minimum Gasteiger partial charge on any atom is -0.387 e. The lowest BCUT2D eigenvalue weighted by Crippen LogP contribution is -2.45. The fraction of sp³-hybridized carbons (Fsp3) is 0.860. The number of allylic oxidation sites excluding steroid dienone is 5. The number of phosphoric acid groups is 1. The number of aliphatic hydroxyl groups is 1. The predicted molar refractivity (Wildman–Crippen MR) is 254 cm³/mol. The van der Waals surface area contributed by atoms with Gasteiger partial charge in [0, 0.05) is 6.42 Å². The highest BCUT2D eigenvalue weighted by Gasteiger charge is 2.27. The Kier molecular flexibility index (Phi) is 41.1. The fourth-order valence-electron chi connectivity index (χ4n) is 7.13. The van der Waals surface area contributed by atoms with Crippen molar-refractivity contribution in [1.82, 2.24) is 5.32 Å². The van der Waals surface area contributed by atoms with E-state index in [4.69, 9.17) is 9.05 Å². The molecule has 9 heteroatoms. The van der Waals surface area contributed by atoms with Crippen LogP contribution in [0.2, 0.25) is 0 Å². The van der Waals surface area contributed by atoms with E-state index in [2.05, 4.69) is 43.5 Å². The van der Waals surface area contributed by atoms with Gasteiger partial charge >= 0.3 is 7.82 Å². The lowest BCUT2D eigenvalue weighted by Gasteiger charge is -2.25. The highest BCUT2D eigenvalue weighted by atomic mass is 31.2. The summed E-state index contributed by atoms with van der Waals surface area (Å²) in [5.74, 6) is -0.189. The summed E-state index contributed by atoms with van der Waals surface area (Å²) in [4.78, 5) is 23.2. The maximum Gasteiger partial charge on any atom is 0.472 e. The zero-order valence-electron chi connectivity index (χ0n) is 39.5. The van der Waals surface area contributed by atoms with E-state index in [1.54, 1.807) is 6.08 Å². The molecule has 0 saturated carbocycles. The summed E-state index contributed by atoms with van der Waals surface area (Å²) in [5.41, 5.74) is 0. The number of aliphatic hydroxyl groups excluding tert-OH is 1. The molecule has 0 aliphatic rings. The Morgan fingerprint density at radius 3 is 1.36 bits per heavy atom. The van der Waals surface area contributed by atoms with Crippen LogP contribution in [0.1, 0.15) is 226 Å². The lowest BCUT2D eigenvalue weighted by atomic mass is 10.0. The largest absolute Gasteiger partial charge is 0.472 e. The molecule has 3 unspecified atom stereocenters. The zero-order valence-corrected chi connectivity index (χ0v) is 40.4. The number of amides is 1. The SMILES string of the molecule is CCCCCCCCCCCCC/C=C/CC/C=C/CC/C=C/C(O)C(COP(=O)(O)OCC[N+](C)(C)C)NC(=O)CCCCCCCCCCCCCCCCCC. The van der Waals surface area contributed by atoms with Gasteiger partial charge in [-0.3, -0.25) is 13.8 Å². The summed E-state index contributed by atoms with van der Waals surface area (Å²) in [6.45, 7) is 4.80. The molecule has 0 rings (SSSR count). The third-order valence-corrected chi connectivity index (χ3v) is 12.1. The van der Waals surface area contributed by atoms with Gasteiger partial charge in [-0.15, -0.1) is 0 Å². The summed E-state index contributed by atoms with van der Waals surface area (Å²) in [6, 6.07) is -0.866. The number of quaternary nitrogens is 1. The second kappa shape index (κ2) is 42.0. The van der Waals surface area contributed by atoms with E-state index in [0.29, 0.717) is 17.4 Å². The normalized spacial score (nSPS) is 14.5. The van der Waals surface area contributed by atoms with Gasteiger partial charge in [0.25, 0.3) is 0 Å². The Hall–Kier alpha value is -1.28. The molecule has 348 valence electrons. The van der Waals surface area contributed by atoms with E-state index in [9.17, 15) is 19.4 Å². The Morgan fingerprint density at radius 1 is 0.559 bits per heavy atom. The molecule has 0 fully saturated rings. The van der Waals surface area contributed by atoms with Crippen molar-refractivity contribution >= 4 is 13.7 Å². The van der Waals surface area contributed by atoms with E-state index in [1.807, 2.05) is 27.2 Å². The van der Waals surface area contributed by atoms with Gasteiger partial charge in [-0.1, -0.05) is 211 Å². The molecule has 0 aromatic rings. The number of rotatable bonds is 45. The van der Waals surface area contributed by atoms with Crippen molar-refractivity contribution in [2.24, 2.45) is 0 Å². The molecule has 0 aliphatic heterocycles. The molecule has 1 amide bonds. The minimum atomic E-state index is -4.35. The second-order valence-electron chi connectivity index (χ2n) is 18.2. The molecule has 8 nitrogen and oxygen atoms in total. The zero-order chi connectivity index (χ0) is 43.6. The topological polar surface area (TPSA) is 105 Å². The van der Waals surface area contributed by atoms with Crippen molar-refractivity contribution in [3.8, 4) is 0 Å². The van der Waals surface area contributed by atoms with E-state index in [1.165, 1.54) is 161 Å². The van der Waals surface area contributed by atoms with Crippen LogP contribution in [0.3, 0.4) is 0 Å². The van der Waals surface area contributed by atoms with E-state index >= 15 is 0 Å². The first kappa shape index (κ1) is 57.7. The summed E-state index contributed by atoms with van der Waals surface area (Å²) >= 11 is 0. The molecular formula is C50H98N2O6P+. The van der Waals surface area contributed by atoms with Crippen molar-refractivity contribution in [2.45, 2.75) is 238 Å². The third-order valence-electron chi connectivity index (χ3n) is 11.1. The minimum absolute atomic E-state index is 0.0548. The number of phosphoric ester groups is 1. The monoisotopic (exact) mass is 854 g/mol. The molecule has 0 aromatic heterocycles. The standard InChI is InChI=1S/C50H97N2O6P/c1-6-8-10-12-14-16-18-20-22-24-25-26-27-28-29-31-33-35-37-39-41-43-49(53)48(47-58-59(55,56)57-46-45-52(3,4)5)51-50(54)44-42-40-38-36-34-32-30-23-21-19-17-15-13-11-9-7-2/h27-28,33,35,41,43,48-49,53H,6-26,29-32,34,36-40,42,44-47H2,1-5H3,(H-,51,54,55,56)/p+1/b28-27+,35-33+,43-41+. The van der Waals surface area contributed by atoms with E-state index in [0.717, 1.165) is 44.9 Å². The van der Waals surface area contributed by atoms with Crippen LogP contribution in [-0.4, -0.2) is 73.4 Å². The molecule has 3 N–H and O–H groups in total. The Labute approximate surface area is 366 Å². The molecule has 0 spiro atoms. The average Bonchev–Trinajstić information content (AvgIpc) is 3.19. The van der Waals surface area contributed by atoms with Crippen molar-refractivity contribution in [3.05, 3.63) is 36.5 Å². The van der Waals surface area contributed by atoms with Gasteiger partial charge in [-0.2, -0.15) is 0 Å². The quantitative estimate of drug-likeness (QED) is 0.0244. The van der Waals surface area contributed by atoms with E-state index < -0.39 is 20.0 Å². The van der Waals surface area contributed by atoms with Gasteiger partial charge in [-0.25, -0.2) is 4.57 Å². The molecule has 0 aromatic carbocycles. The molecule has 0 saturated heterocycles. The van der Waals surface area contributed by atoms with Gasteiger partial charge < -0.3 is 19.8 Å². The summed E-state index contributed by atoms with van der Waals surface area (Å²) in [7, 11) is 1.55. The first-order valence-electron chi connectivity index (χ1n) is 24.9. The molecule has 59 heavy (non-hydrogen) atoms. The smallest absolute Gasteiger partial charge is 0.387 e. The summed E-state index contributed by atoms with van der Waals surface area (Å²) < 4.78 is 23.6. The van der Waals surface area contributed by atoms with Crippen molar-refractivity contribution < 1.29 is 32.9 Å². The summed E-state index contributed by atoms with van der Waals surface area (Å²) in [6.07, 6.45) is 52.2. The van der Waals surface area contributed by atoms with Crippen LogP contribution in [0, 0.1) is 0 Å². The Morgan fingerprint density at radius 2 is 0.932 bits per heavy atom. The van der Waals surface area contributed by atoms with Crippen LogP contribution in [0.5, 0.6) is 0 Å². The van der Waals surface area contributed by atoms with Crippen molar-refractivity contribution in [2.75, 3.05) is 40.9 Å². The maximum absolute atomic E-state index is 12.9. The first-order chi connectivity index (χ1) is 28.5. The number of nitrogens with one attached hydrogen (secondary N) is 1. The number of likely N-dealkylation sites (N-methyl/N-ethyl adjacent to an activating group) is 1. The van der Waals surface area contributed by atoms with Gasteiger partial charge in [0.15, 0.2) is 0 Å². The lowest BCUT2D eigenvalue weighted by molar-refractivity contribution is -0.870. The third kappa shape index (κ3) is 44.6. The van der Waals surface area contributed by atoms with Crippen LogP contribution in [0.15, 0.2) is 36.5 Å². The molecule has 0 bridgehead atoms. The molecule has 0 aliphatic carbocycles. The number of carbonyl (C=O) groups excluding carboxylic acids is 1. The van der Waals surface area contributed by atoms with Crippen molar-refractivity contribution in [3.63, 3.8) is 0 Å². The second-order valence-corrected chi connectivity index (χ2v) is 19.6. The predicted octanol–water partition coefficient (Wildman–Crippen LogP) is 14.3. The van der Waals surface area contributed by atoms with Crippen LogP contribution in [-0.2, 0) is 18.4 Å². The van der Waals surface area contributed by atoms with Crippen LogP contribution in [0.25, 0.3) is 0 Å². The van der Waals surface area contributed by atoms with Gasteiger partial charge in [0.05, 0.1) is 39.9 Å².